The van der Waals surface area contributed by atoms with Crippen molar-refractivity contribution in [2.45, 2.75) is 25.3 Å². The van der Waals surface area contributed by atoms with E-state index in [1.54, 1.807) is 0 Å². The van der Waals surface area contributed by atoms with Gasteiger partial charge in [0.1, 0.15) is 13.2 Å². The normalized spacial score (nSPS) is 16.0. The van der Waals surface area contributed by atoms with Gasteiger partial charge in [0.2, 0.25) is 10.0 Å². The number of amides is 3. The van der Waals surface area contributed by atoms with Crippen molar-refractivity contribution in [3.05, 3.63) is 89.1 Å². The minimum absolute atomic E-state index is 0.0666. The number of allylic oxidation sites excluding steroid dienone is 1. The second kappa shape index (κ2) is 12.8. The van der Waals surface area contributed by atoms with E-state index in [0.717, 1.165) is 12.1 Å². The number of urea groups is 1. The second-order valence-corrected chi connectivity index (χ2v) is 10.9. The Balaban J connectivity index is 2.24. The largest absolute Gasteiger partial charge is 0.458 e. The number of nitrogens with zero attached hydrogens (tertiary/aromatic N) is 3. The molecule has 0 spiro atoms. The molecule has 1 unspecified atom stereocenters. The fraction of sp³-hybridized carbons (Fsp3) is 0.259. The standard InChI is InChI=1S/C27H22F6N4O6S/c1-3-11-43-24(39)22-16(2)37(20-6-4-5-19(12-20)27(31,32)33)25(40)36(23(22)18-9-7-17(13-34)8-10-18)14-21(38)35-44(41,42)15-26(28,29)30/h3-10,12,23H,1,11,14-15H2,2H3,(H,35,38). The van der Waals surface area contributed by atoms with Crippen molar-refractivity contribution < 1.29 is 53.9 Å². The summed E-state index contributed by atoms with van der Waals surface area (Å²) in [5.41, 5.74) is -2.01. The van der Waals surface area contributed by atoms with Gasteiger partial charge in [-0.3, -0.25) is 14.4 Å². The van der Waals surface area contributed by atoms with Crippen molar-refractivity contribution in [3.8, 4) is 6.07 Å². The molecule has 0 fully saturated rings. The summed E-state index contributed by atoms with van der Waals surface area (Å²) in [4.78, 5) is 41.3. The smallest absolute Gasteiger partial charge is 0.416 e. The van der Waals surface area contributed by atoms with Crippen LogP contribution in [0.1, 0.15) is 29.7 Å². The van der Waals surface area contributed by atoms with Gasteiger partial charge in [0.15, 0.2) is 5.75 Å². The lowest BCUT2D eigenvalue weighted by Crippen LogP contribution is -2.54. The number of halogens is 6. The maximum atomic E-state index is 13.9. The summed E-state index contributed by atoms with van der Waals surface area (Å²) in [6.45, 7) is 3.00. The highest BCUT2D eigenvalue weighted by atomic mass is 32.2. The Morgan fingerprint density at radius 3 is 2.30 bits per heavy atom. The molecule has 44 heavy (non-hydrogen) atoms. The first-order valence-corrected chi connectivity index (χ1v) is 13.9. The maximum Gasteiger partial charge on any atom is 0.416 e. The van der Waals surface area contributed by atoms with Gasteiger partial charge in [0.25, 0.3) is 5.91 Å². The van der Waals surface area contributed by atoms with Crippen LogP contribution in [0.15, 0.2) is 72.5 Å². The Morgan fingerprint density at radius 1 is 1.11 bits per heavy atom. The highest BCUT2D eigenvalue weighted by molar-refractivity contribution is 7.90. The summed E-state index contributed by atoms with van der Waals surface area (Å²) < 4.78 is 109. The average Bonchev–Trinajstić information content (AvgIpc) is 2.91. The molecular weight excluding hydrogens is 622 g/mol. The molecule has 0 radical (unpaired) electrons. The number of carbonyl (C=O) groups is 3. The molecule has 0 bridgehead atoms. The molecule has 3 rings (SSSR count). The molecule has 0 saturated heterocycles. The first-order valence-electron chi connectivity index (χ1n) is 12.3. The first kappa shape index (κ1) is 33.6. The van der Waals surface area contributed by atoms with Gasteiger partial charge in [0.05, 0.1) is 34.5 Å². The van der Waals surface area contributed by atoms with Gasteiger partial charge >= 0.3 is 24.4 Å². The summed E-state index contributed by atoms with van der Waals surface area (Å²) in [7, 11) is -5.29. The van der Waals surface area contributed by atoms with Gasteiger partial charge in [0, 0.05) is 5.70 Å². The number of hydrogen-bond donors (Lipinski definition) is 1. The Kier molecular flexibility index (Phi) is 9.78. The molecule has 1 aliphatic rings. The number of carbonyl (C=O) groups excluding carboxylic acids is 3. The quantitative estimate of drug-likeness (QED) is 0.240. The van der Waals surface area contributed by atoms with E-state index >= 15 is 0 Å². The highest BCUT2D eigenvalue weighted by Crippen LogP contribution is 2.41. The molecule has 1 aliphatic heterocycles. The van der Waals surface area contributed by atoms with Crippen LogP contribution in [0.5, 0.6) is 0 Å². The SMILES string of the molecule is C=CCOC(=O)C1=C(C)N(c2cccc(C(F)(F)F)c2)C(=O)N(CC(=O)NS(=O)(=O)CC(F)(F)F)C1c1ccc(C#N)cc1. The molecule has 10 nitrogen and oxygen atoms in total. The van der Waals surface area contributed by atoms with Crippen molar-refractivity contribution in [3.63, 3.8) is 0 Å². The lowest BCUT2D eigenvalue weighted by molar-refractivity contribution is -0.139. The number of alkyl halides is 6. The van der Waals surface area contributed by atoms with Crippen molar-refractivity contribution >= 4 is 33.6 Å². The zero-order chi connectivity index (χ0) is 33.0. The van der Waals surface area contributed by atoms with E-state index in [-0.39, 0.29) is 29.0 Å². The molecule has 17 heteroatoms. The van der Waals surface area contributed by atoms with E-state index < -0.39 is 69.9 Å². The zero-order valence-corrected chi connectivity index (χ0v) is 23.4. The van der Waals surface area contributed by atoms with E-state index in [4.69, 9.17) is 4.74 Å². The molecule has 0 saturated carbocycles. The number of sulfonamides is 1. The van der Waals surface area contributed by atoms with Gasteiger partial charge in [-0.25, -0.2) is 18.0 Å². The van der Waals surface area contributed by atoms with Crippen LogP contribution in [-0.2, 0) is 30.5 Å². The fourth-order valence-corrected chi connectivity index (χ4v) is 5.23. The monoisotopic (exact) mass is 644 g/mol. The number of ether oxygens (including phenoxy) is 1. The number of anilines is 1. The van der Waals surface area contributed by atoms with E-state index in [1.807, 2.05) is 6.07 Å². The molecule has 3 amide bonds. The minimum atomic E-state index is -5.29. The van der Waals surface area contributed by atoms with Crippen LogP contribution in [0, 0.1) is 11.3 Å². The molecular formula is C27H22F6N4O6S. The number of esters is 1. The number of benzene rings is 2. The molecule has 0 aliphatic carbocycles. The van der Waals surface area contributed by atoms with E-state index in [2.05, 4.69) is 6.58 Å². The Morgan fingerprint density at radius 2 is 1.75 bits per heavy atom. The summed E-state index contributed by atoms with van der Waals surface area (Å²) in [5, 5.41) is 9.18. The Bertz CT molecular complexity index is 1650. The number of hydrogen-bond acceptors (Lipinski definition) is 7. The van der Waals surface area contributed by atoms with Crippen LogP contribution in [0.2, 0.25) is 0 Å². The van der Waals surface area contributed by atoms with Crippen LogP contribution in [0.3, 0.4) is 0 Å². The summed E-state index contributed by atoms with van der Waals surface area (Å²) in [6, 6.07) is 7.55. The lowest BCUT2D eigenvalue weighted by Gasteiger charge is -2.42. The van der Waals surface area contributed by atoms with Gasteiger partial charge in [-0.05, 0) is 42.8 Å². The second-order valence-electron chi connectivity index (χ2n) is 9.22. The fourth-order valence-electron chi connectivity index (χ4n) is 4.31. The van der Waals surface area contributed by atoms with Crippen molar-refractivity contribution in [1.82, 2.24) is 9.62 Å². The Hall–Kier alpha value is -4.85. The van der Waals surface area contributed by atoms with Crippen LogP contribution in [0.25, 0.3) is 0 Å². The van der Waals surface area contributed by atoms with Crippen molar-refractivity contribution in [2.75, 3.05) is 23.8 Å². The predicted octanol–water partition coefficient (Wildman–Crippen LogP) is 4.57. The van der Waals surface area contributed by atoms with Crippen LogP contribution < -0.4 is 9.62 Å². The Labute approximate surface area is 246 Å². The zero-order valence-electron chi connectivity index (χ0n) is 22.6. The molecule has 1 N–H and O–H groups in total. The summed E-state index contributed by atoms with van der Waals surface area (Å²) in [5.74, 6) is -5.16. The average molecular weight is 645 g/mol. The number of nitrogens with one attached hydrogen (secondary N) is 1. The lowest BCUT2D eigenvalue weighted by atomic mass is 9.92. The third-order valence-electron chi connectivity index (χ3n) is 6.02. The van der Waals surface area contributed by atoms with Crippen molar-refractivity contribution in [1.29, 1.82) is 5.26 Å². The summed E-state index contributed by atoms with van der Waals surface area (Å²) in [6.07, 6.45) is -8.88. The molecule has 0 aromatic heterocycles. The van der Waals surface area contributed by atoms with Gasteiger partial charge < -0.3 is 9.64 Å². The molecule has 1 atom stereocenters. The number of nitriles is 1. The topological polar surface area (TPSA) is 137 Å². The van der Waals surface area contributed by atoms with E-state index in [1.165, 1.54) is 42.0 Å². The molecule has 2 aromatic rings. The van der Waals surface area contributed by atoms with Gasteiger partial charge in [-0.15, -0.1) is 0 Å². The molecule has 1 heterocycles. The third-order valence-corrected chi connectivity index (χ3v) is 7.27. The predicted molar refractivity (Wildman–Crippen MR) is 142 cm³/mol. The van der Waals surface area contributed by atoms with Gasteiger partial charge in [-0.2, -0.15) is 31.6 Å². The van der Waals surface area contributed by atoms with E-state index in [0.29, 0.717) is 21.9 Å². The van der Waals surface area contributed by atoms with Crippen LogP contribution in [-0.4, -0.2) is 56.3 Å². The van der Waals surface area contributed by atoms with Gasteiger partial charge in [-0.1, -0.05) is 30.9 Å². The molecule has 234 valence electrons. The van der Waals surface area contributed by atoms with Crippen LogP contribution >= 0.6 is 0 Å². The van der Waals surface area contributed by atoms with E-state index in [9.17, 15) is 54.4 Å². The summed E-state index contributed by atoms with van der Waals surface area (Å²) >= 11 is 0. The minimum Gasteiger partial charge on any atom is -0.458 e. The molecule has 2 aromatic carbocycles. The maximum absolute atomic E-state index is 13.9. The van der Waals surface area contributed by atoms with Crippen molar-refractivity contribution in [2.24, 2.45) is 0 Å². The van der Waals surface area contributed by atoms with Crippen LogP contribution in [0.4, 0.5) is 36.8 Å². The third kappa shape index (κ3) is 7.95. The number of rotatable bonds is 9. The highest BCUT2D eigenvalue weighted by Gasteiger charge is 2.45. The first-order chi connectivity index (χ1) is 20.4.